The molecule has 0 aliphatic heterocycles. The lowest BCUT2D eigenvalue weighted by Crippen LogP contribution is -2.28. The number of sulfonamides is 1. The van der Waals surface area contributed by atoms with Gasteiger partial charge in [0.2, 0.25) is 0 Å². The molecule has 0 unspecified atom stereocenters. The van der Waals surface area contributed by atoms with E-state index in [0.717, 1.165) is 11.1 Å². The molecule has 3 rings (SSSR count). The molecule has 0 spiro atoms. The van der Waals surface area contributed by atoms with Gasteiger partial charge in [-0.15, -0.1) is 0 Å². The van der Waals surface area contributed by atoms with E-state index < -0.39 is 10.0 Å². The maximum absolute atomic E-state index is 12.9. The van der Waals surface area contributed by atoms with Crippen molar-refractivity contribution < 1.29 is 17.9 Å². The van der Waals surface area contributed by atoms with E-state index >= 15 is 0 Å². The molecule has 1 N–H and O–H groups in total. The highest BCUT2D eigenvalue weighted by atomic mass is 32.2. The summed E-state index contributed by atoms with van der Waals surface area (Å²) in [7, 11) is -0.729. The molecular weight excluding hydrogens is 424 g/mol. The Kier molecular flexibility index (Phi) is 6.89. The zero-order valence-electron chi connectivity index (χ0n) is 18.9. The number of carbonyl (C=O) groups is 1. The fraction of sp³-hybridized carbons (Fsp3) is 0.240. The summed E-state index contributed by atoms with van der Waals surface area (Å²) in [6.07, 6.45) is 0. The van der Waals surface area contributed by atoms with Crippen LogP contribution < -0.4 is 14.4 Å². The van der Waals surface area contributed by atoms with Crippen molar-refractivity contribution in [2.75, 3.05) is 18.5 Å². The molecule has 0 saturated heterocycles. The smallest absolute Gasteiger partial charge is 0.264 e. The number of nitrogens with one attached hydrogen (secondary N) is 1. The van der Waals surface area contributed by atoms with E-state index in [2.05, 4.69) is 11.4 Å². The van der Waals surface area contributed by atoms with Crippen LogP contribution in [-0.2, 0) is 10.0 Å². The van der Waals surface area contributed by atoms with Gasteiger partial charge in [0, 0.05) is 12.6 Å². The van der Waals surface area contributed by atoms with Gasteiger partial charge in [0.1, 0.15) is 5.75 Å². The molecule has 32 heavy (non-hydrogen) atoms. The fourth-order valence-electron chi connectivity index (χ4n) is 3.54. The maximum Gasteiger partial charge on any atom is 0.264 e. The van der Waals surface area contributed by atoms with E-state index in [9.17, 15) is 13.2 Å². The highest BCUT2D eigenvalue weighted by Crippen LogP contribution is 2.24. The molecule has 3 aromatic rings. The lowest BCUT2D eigenvalue weighted by atomic mass is 10.00. The van der Waals surface area contributed by atoms with Crippen LogP contribution in [0.3, 0.4) is 0 Å². The number of aryl methyl sites for hydroxylation is 2. The molecule has 7 heteroatoms. The monoisotopic (exact) mass is 452 g/mol. The molecule has 0 aliphatic rings. The van der Waals surface area contributed by atoms with Crippen LogP contribution in [0.4, 0.5) is 5.69 Å². The average Bonchev–Trinajstić information content (AvgIpc) is 2.78. The Morgan fingerprint density at radius 1 is 0.969 bits per heavy atom. The second-order valence-corrected chi connectivity index (χ2v) is 9.72. The molecule has 0 saturated carbocycles. The van der Waals surface area contributed by atoms with Crippen molar-refractivity contribution in [2.45, 2.75) is 31.7 Å². The van der Waals surface area contributed by atoms with Gasteiger partial charge in [-0.1, -0.05) is 23.8 Å². The van der Waals surface area contributed by atoms with Gasteiger partial charge in [-0.3, -0.25) is 9.10 Å². The summed E-state index contributed by atoms with van der Waals surface area (Å²) in [6.45, 7) is 6.01. The highest BCUT2D eigenvalue weighted by molar-refractivity contribution is 7.92. The molecule has 0 bridgehead atoms. The second kappa shape index (κ2) is 9.44. The van der Waals surface area contributed by atoms with Gasteiger partial charge in [-0.05, 0) is 80.4 Å². The summed E-state index contributed by atoms with van der Waals surface area (Å²) in [5.41, 5.74) is 4.28. The molecule has 6 nitrogen and oxygen atoms in total. The van der Waals surface area contributed by atoms with Gasteiger partial charge in [-0.2, -0.15) is 0 Å². The van der Waals surface area contributed by atoms with Crippen molar-refractivity contribution >= 4 is 21.6 Å². The lowest BCUT2D eigenvalue weighted by Gasteiger charge is -2.20. The summed E-state index contributed by atoms with van der Waals surface area (Å²) in [6, 6.07) is 18.7. The summed E-state index contributed by atoms with van der Waals surface area (Å²) in [4.78, 5) is 12.9. The molecule has 1 amide bonds. The number of ether oxygens (including phenoxy) is 1. The summed E-state index contributed by atoms with van der Waals surface area (Å²) in [5, 5.41) is 3.01. The van der Waals surface area contributed by atoms with Crippen LogP contribution in [0.5, 0.6) is 5.75 Å². The molecule has 0 fully saturated rings. The summed E-state index contributed by atoms with van der Waals surface area (Å²) < 4.78 is 32.1. The third-order valence-electron chi connectivity index (χ3n) is 5.45. The topological polar surface area (TPSA) is 75.7 Å². The molecule has 0 heterocycles. The molecule has 0 radical (unpaired) electrons. The number of amides is 1. The average molecular weight is 453 g/mol. The van der Waals surface area contributed by atoms with Crippen molar-refractivity contribution in [2.24, 2.45) is 0 Å². The van der Waals surface area contributed by atoms with Crippen LogP contribution in [0.2, 0.25) is 0 Å². The van der Waals surface area contributed by atoms with E-state index in [1.165, 1.54) is 36.2 Å². The first kappa shape index (κ1) is 23.3. The summed E-state index contributed by atoms with van der Waals surface area (Å²) >= 11 is 0. The number of hydrogen-bond acceptors (Lipinski definition) is 4. The number of carbonyl (C=O) groups excluding carboxylic acids is 1. The third-order valence-corrected chi connectivity index (χ3v) is 7.25. The van der Waals surface area contributed by atoms with Gasteiger partial charge in [0.15, 0.2) is 0 Å². The van der Waals surface area contributed by atoms with Gasteiger partial charge >= 0.3 is 0 Å². The SMILES string of the molecule is COc1ccc(S(=O)(=O)N(C)c2ccc(C(=O)N[C@@H](C)c3ccc(C)cc3C)cc2)cc1. The Morgan fingerprint density at radius 3 is 2.16 bits per heavy atom. The first-order valence-electron chi connectivity index (χ1n) is 10.2. The minimum atomic E-state index is -3.74. The predicted octanol–water partition coefficient (Wildman–Crippen LogP) is 4.63. The Hall–Kier alpha value is -3.32. The van der Waals surface area contributed by atoms with Crippen molar-refractivity contribution in [1.82, 2.24) is 5.32 Å². The van der Waals surface area contributed by atoms with Gasteiger partial charge in [0.05, 0.1) is 23.7 Å². The van der Waals surface area contributed by atoms with E-state index in [-0.39, 0.29) is 16.8 Å². The zero-order valence-corrected chi connectivity index (χ0v) is 19.7. The lowest BCUT2D eigenvalue weighted by molar-refractivity contribution is 0.0940. The van der Waals surface area contributed by atoms with E-state index in [0.29, 0.717) is 17.0 Å². The fourth-order valence-corrected chi connectivity index (χ4v) is 4.73. The Bertz CT molecular complexity index is 1200. The van der Waals surface area contributed by atoms with E-state index in [1.807, 2.05) is 32.9 Å². The first-order chi connectivity index (χ1) is 15.1. The molecule has 0 aliphatic carbocycles. The largest absolute Gasteiger partial charge is 0.497 e. The van der Waals surface area contributed by atoms with Crippen LogP contribution in [0, 0.1) is 13.8 Å². The van der Waals surface area contributed by atoms with E-state index in [4.69, 9.17) is 4.74 Å². The van der Waals surface area contributed by atoms with Gasteiger partial charge in [-0.25, -0.2) is 8.42 Å². The normalized spacial score (nSPS) is 12.2. The number of benzene rings is 3. The number of methoxy groups -OCH3 is 1. The quantitative estimate of drug-likeness (QED) is 0.567. The van der Waals surface area contributed by atoms with E-state index in [1.54, 1.807) is 36.4 Å². The summed E-state index contributed by atoms with van der Waals surface area (Å²) in [5.74, 6) is 0.363. The van der Waals surface area contributed by atoms with Crippen LogP contribution in [0.15, 0.2) is 71.6 Å². The minimum absolute atomic E-state index is 0.152. The number of nitrogens with zero attached hydrogens (tertiary/aromatic N) is 1. The minimum Gasteiger partial charge on any atom is -0.497 e. The first-order valence-corrected chi connectivity index (χ1v) is 11.7. The highest BCUT2D eigenvalue weighted by Gasteiger charge is 2.22. The molecule has 0 aromatic heterocycles. The number of rotatable bonds is 7. The van der Waals surface area contributed by atoms with Crippen molar-refractivity contribution in [1.29, 1.82) is 0 Å². The molecule has 3 aromatic carbocycles. The van der Waals surface area contributed by atoms with Crippen LogP contribution in [-0.4, -0.2) is 28.5 Å². The van der Waals surface area contributed by atoms with Crippen LogP contribution in [0.1, 0.15) is 40.0 Å². The predicted molar refractivity (Wildman–Crippen MR) is 127 cm³/mol. The molecular formula is C25H28N2O4S. The standard InChI is InChI=1S/C25H28N2O4S/c1-17-6-15-24(18(2)16-17)19(3)26-25(28)20-7-9-21(10-8-20)27(4)32(29,30)23-13-11-22(31-5)12-14-23/h6-16,19H,1-5H3,(H,26,28)/t19-/m0/s1. The Morgan fingerprint density at radius 2 is 1.59 bits per heavy atom. The van der Waals surface area contributed by atoms with Gasteiger partial charge in [0.25, 0.3) is 15.9 Å². The maximum atomic E-state index is 12.9. The number of hydrogen-bond donors (Lipinski definition) is 1. The van der Waals surface area contributed by atoms with Crippen LogP contribution in [0.25, 0.3) is 0 Å². The van der Waals surface area contributed by atoms with Crippen molar-refractivity contribution in [3.63, 3.8) is 0 Å². The Labute approximate surface area is 189 Å². The zero-order chi connectivity index (χ0) is 23.5. The molecule has 1 atom stereocenters. The molecule has 168 valence electrons. The third kappa shape index (κ3) is 4.94. The number of anilines is 1. The Balaban J connectivity index is 1.73. The van der Waals surface area contributed by atoms with Crippen molar-refractivity contribution in [3.05, 3.63) is 89.0 Å². The van der Waals surface area contributed by atoms with Gasteiger partial charge < -0.3 is 10.1 Å². The van der Waals surface area contributed by atoms with Crippen molar-refractivity contribution in [3.8, 4) is 5.75 Å². The van der Waals surface area contributed by atoms with Crippen LogP contribution >= 0.6 is 0 Å². The second-order valence-electron chi connectivity index (χ2n) is 7.75.